The van der Waals surface area contributed by atoms with E-state index in [-0.39, 0.29) is 0 Å². The summed E-state index contributed by atoms with van der Waals surface area (Å²) in [6.45, 7) is 0. The van der Waals surface area contributed by atoms with Crippen LogP contribution in [0.5, 0.6) is 0 Å². The van der Waals surface area contributed by atoms with Crippen LogP contribution in [0.25, 0.3) is 94.1 Å². The number of hydrogen-bond acceptors (Lipinski definition) is 3. The van der Waals surface area contributed by atoms with Crippen molar-refractivity contribution in [2.75, 3.05) is 0 Å². The summed E-state index contributed by atoms with van der Waals surface area (Å²) in [6, 6.07) is 63.7. The van der Waals surface area contributed by atoms with Crippen LogP contribution in [0.2, 0.25) is 0 Å². The SMILES string of the molecule is c1ccc(-c2ccc3ccc4ccc(-c5cccc(-n6nc(-c7ccccc7)c7c(-c8ccccc8)cc8ccccc8c76)c5)nc4c3n2)cc1. The molecule has 0 aliphatic heterocycles. The second kappa shape index (κ2) is 11.9. The van der Waals surface area contributed by atoms with Crippen LogP contribution in [0.3, 0.4) is 0 Å². The monoisotopic (exact) mass is 650 g/mol. The first-order valence-electron chi connectivity index (χ1n) is 17.2. The maximum atomic E-state index is 5.42. The maximum Gasteiger partial charge on any atom is 0.101 e. The quantitative estimate of drug-likeness (QED) is 0.174. The van der Waals surface area contributed by atoms with Crippen LogP contribution >= 0.6 is 0 Å². The first kappa shape index (κ1) is 29.0. The van der Waals surface area contributed by atoms with Gasteiger partial charge in [0.05, 0.1) is 33.6 Å². The summed E-state index contributed by atoms with van der Waals surface area (Å²) in [5.74, 6) is 0. The number of pyridine rings is 2. The highest BCUT2D eigenvalue weighted by Gasteiger charge is 2.21. The van der Waals surface area contributed by atoms with E-state index in [2.05, 4.69) is 168 Å². The van der Waals surface area contributed by atoms with E-state index in [1.54, 1.807) is 0 Å². The van der Waals surface area contributed by atoms with E-state index in [1.165, 1.54) is 5.39 Å². The van der Waals surface area contributed by atoms with E-state index in [9.17, 15) is 0 Å². The lowest BCUT2D eigenvalue weighted by Gasteiger charge is -2.12. The number of nitrogens with zero attached hydrogens (tertiary/aromatic N) is 4. The molecule has 10 rings (SSSR count). The van der Waals surface area contributed by atoms with Crippen molar-refractivity contribution in [1.29, 1.82) is 0 Å². The fraction of sp³-hybridized carbons (Fsp3) is 0. The molecule has 0 fully saturated rings. The molecular formula is C47H30N4. The minimum atomic E-state index is 0.887. The van der Waals surface area contributed by atoms with E-state index in [0.717, 1.165) is 88.7 Å². The third-order valence-corrected chi connectivity index (χ3v) is 9.78. The van der Waals surface area contributed by atoms with Crippen LogP contribution in [-0.2, 0) is 0 Å². The molecule has 10 aromatic rings. The molecular weight excluding hydrogens is 621 g/mol. The zero-order valence-electron chi connectivity index (χ0n) is 27.6. The maximum absolute atomic E-state index is 5.42. The molecule has 0 amide bonds. The molecule has 3 heterocycles. The summed E-state index contributed by atoms with van der Waals surface area (Å²) in [5.41, 5.74) is 12.1. The smallest absolute Gasteiger partial charge is 0.101 e. The number of rotatable bonds is 5. The molecule has 0 saturated carbocycles. The van der Waals surface area contributed by atoms with Crippen LogP contribution in [-0.4, -0.2) is 19.7 Å². The number of fused-ring (bicyclic) bond motifs is 6. The summed E-state index contributed by atoms with van der Waals surface area (Å²) in [4.78, 5) is 10.4. The van der Waals surface area contributed by atoms with Crippen LogP contribution in [0.4, 0.5) is 0 Å². The topological polar surface area (TPSA) is 43.6 Å². The number of hydrogen-bond donors (Lipinski definition) is 0. The molecule has 7 aromatic carbocycles. The Balaban J connectivity index is 1.19. The highest BCUT2D eigenvalue weighted by Crippen LogP contribution is 2.42. The molecule has 0 N–H and O–H groups in total. The minimum Gasteiger partial charge on any atom is -0.245 e. The molecule has 0 bridgehead atoms. The lowest BCUT2D eigenvalue weighted by atomic mass is 9.94. The Morgan fingerprint density at radius 2 is 0.941 bits per heavy atom. The average molecular weight is 651 g/mol. The van der Waals surface area contributed by atoms with Gasteiger partial charge in [-0.2, -0.15) is 5.10 Å². The standard InChI is InChI=1S/C47H30N4/c1-4-13-31(14-5-1)40-30-36-19-10-11-22-39(36)47-43(40)44(33-17-8-3-9-18-33)50-51(47)38-21-12-20-37(29-38)42-28-26-35-24-23-34-25-27-41(32-15-6-2-7-16-32)48-45(34)46(35)49-42/h1-30H. The molecule has 0 unspecified atom stereocenters. The fourth-order valence-corrected chi connectivity index (χ4v) is 7.31. The molecule has 51 heavy (non-hydrogen) atoms. The second-order valence-electron chi connectivity index (χ2n) is 12.9. The van der Waals surface area contributed by atoms with Gasteiger partial charge in [0.15, 0.2) is 0 Å². The van der Waals surface area contributed by atoms with Gasteiger partial charge in [0.1, 0.15) is 5.69 Å². The predicted octanol–water partition coefficient (Wildman–Crippen LogP) is 11.9. The third kappa shape index (κ3) is 4.96. The van der Waals surface area contributed by atoms with Crippen molar-refractivity contribution in [1.82, 2.24) is 19.7 Å². The van der Waals surface area contributed by atoms with Crippen molar-refractivity contribution in [3.8, 4) is 50.6 Å². The van der Waals surface area contributed by atoms with E-state index in [4.69, 9.17) is 15.1 Å². The lowest BCUT2D eigenvalue weighted by Crippen LogP contribution is -1.98. The van der Waals surface area contributed by atoms with Crippen LogP contribution < -0.4 is 0 Å². The van der Waals surface area contributed by atoms with Gasteiger partial charge in [-0.1, -0.05) is 152 Å². The van der Waals surface area contributed by atoms with Crippen molar-refractivity contribution < 1.29 is 0 Å². The molecule has 0 spiro atoms. The Kier molecular flexibility index (Phi) is 6.78. The molecule has 0 saturated heterocycles. The Labute approximate surface area is 294 Å². The first-order chi connectivity index (χ1) is 25.3. The van der Waals surface area contributed by atoms with Gasteiger partial charge in [-0.05, 0) is 46.8 Å². The van der Waals surface area contributed by atoms with E-state index in [0.29, 0.717) is 0 Å². The summed E-state index contributed by atoms with van der Waals surface area (Å²) in [7, 11) is 0. The lowest BCUT2D eigenvalue weighted by molar-refractivity contribution is 0.918. The minimum absolute atomic E-state index is 0.887. The van der Waals surface area contributed by atoms with Crippen LogP contribution in [0.1, 0.15) is 0 Å². The number of benzene rings is 7. The summed E-state index contributed by atoms with van der Waals surface area (Å²) < 4.78 is 2.13. The average Bonchev–Trinajstić information content (AvgIpc) is 3.62. The molecule has 0 aliphatic rings. The van der Waals surface area contributed by atoms with Crippen LogP contribution in [0, 0.1) is 0 Å². The van der Waals surface area contributed by atoms with E-state index < -0.39 is 0 Å². The van der Waals surface area contributed by atoms with Gasteiger partial charge in [-0.25, -0.2) is 14.6 Å². The van der Waals surface area contributed by atoms with Crippen molar-refractivity contribution in [2.45, 2.75) is 0 Å². The molecule has 0 atom stereocenters. The molecule has 4 heteroatoms. The number of aromatic nitrogens is 4. The molecule has 3 aromatic heterocycles. The summed E-state index contributed by atoms with van der Waals surface area (Å²) in [5, 5.41) is 11.0. The van der Waals surface area contributed by atoms with Gasteiger partial charge >= 0.3 is 0 Å². The Morgan fingerprint density at radius 1 is 0.392 bits per heavy atom. The van der Waals surface area contributed by atoms with Gasteiger partial charge in [0.2, 0.25) is 0 Å². The molecule has 4 nitrogen and oxygen atoms in total. The van der Waals surface area contributed by atoms with Gasteiger partial charge < -0.3 is 0 Å². The largest absolute Gasteiger partial charge is 0.245 e. The first-order valence-corrected chi connectivity index (χ1v) is 17.2. The Morgan fingerprint density at radius 3 is 1.63 bits per heavy atom. The Bertz CT molecular complexity index is 2900. The summed E-state index contributed by atoms with van der Waals surface area (Å²) in [6.07, 6.45) is 0. The molecule has 238 valence electrons. The molecule has 0 radical (unpaired) electrons. The predicted molar refractivity (Wildman–Crippen MR) is 211 cm³/mol. The normalized spacial score (nSPS) is 11.5. The zero-order valence-corrected chi connectivity index (χ0v) is 27.6. The van der Waals surface area contributed by atoms with Gasteiger partial charge in [0, 0.05) is 38.2 Å². The highest BCUT2D eigenvalue weighted by molar-refractivity contribution is 6.17. The fourth-order valence-electron chi connectivity index (χ4n) is 7.31. The third-order valence-electron chi connectivity index (χ3n) is 9.78. The molecule has 0 aliphatic carbocycles. The summed E-state index contributed by atoms with van der Waals surface area (Å²) >= 11 is 0. The van der Waals surface area contributed by atoms with Crippen LogP contribution in [0.15, 0.2) is 182 Å². The van der Waals surface area contributed by atoms with Gasteiger partial charge in [-0.15, -0.1) is 0 Å². The van der Waals surface area contributed by atoms with Gasteiger partial charge in [0.25, 0.3) is 0 Å². The van der Waals surface area contributed by atoms with Crippen molar-refractivity contribution in [3.05, 3.63) is 182 Å². The Hall–Kier alpha value is -6.91. The highest BCUT2D eigenvalue weighted by atomic mass is 15.3. The van der Waals surface area contributed by atoms with Crippen molar-refractivity contribution >= 4 is 43.5 Å². The zero-order chi connectivity index (χ0) is 33.7. The second-order valence-corrected chi connectivity index (χ2v) is 12.9. The van der Waals surface area contributed by atoms with Crippen molar-refractivity contribution in [2.24, 2.45) is 0 Å². The van der Waals surface area contributed by atoms with E-state index >= 15 is 0 Å². The van der Waals surface area contributed by atoms with E-state index in [1.807, 2.05) is 18.2 Å². The van der Waals surface area contributed by atoms with Gasteiger partial charge in [-0.3, -0.25) is 0 Å². The van der Waals surface area contributed by atoms with Crippen molar-refractivity contribution in [3.63, 3.8) is 0 Å².